The molecule has 0 radical (unpaired) electrons. The van der Waals surface area contributed by atoms with Crippen LogP contribution in [0.3, 0.4) is 0 Å². The van der Waals surface area contributed by atoms with Gasteiger partial charge in [-0.2, -0.15) is 0 Å². The van der Waals surface area contributed by atoms with Gasteiger partial charge in [0.25, 0.3) is 0 Å². The van der Waals surface area contributed by atoms with E-state index in [0.29, 0.717) is 6.42 Å². The maximum absolute atomic E-state index is 11.9. The molecule has 0 aliphatic rings. The standard InChI is InChI=1S/C16H16BrNO/c1-12-6-2-5-9-15(12)18-16(19)11-10-13-7-3-4-8-14(13)17/h2-9H,10-11H2,1H3,(H,18,19). The summed E-state index contributed by atoms with van der Waals surface area (Å²) in [5, 5.41) is 2.95. The van der Waals surface area contributed by atoms with Crippen molar-refractivity contribution in [3.05, 3.63) is 64.1 Å². The van der Waals surface area contributed by atoms with Gasteiger partial charge in [0.1, 0.15) is 0 Å². The Morgan fingerprint density at radius 2 is 1.79 bits per heavy atom. The fourth-order valence-corrected chi connectivity index (χ4v) is 2.36. The van der Waals surface area contributed by atoms with E-state index in [0.717, 1.165) is 27.7 Å². The average molecular weight is 318 g/mol. The first-order chi connectivity index (χ1) is 9.16. The lowest BCUT2D eigenvalue weighted by atomic mass is 10.1. The van der Waals surface area contributed by atoms with Crippen molar-refractivity contribution in [3.8, 4) is 0 Å². The van der Waals surface area contributed by atoms with Crippen LogP contribution in [0, 0.1) is 6.92 Å². The van der Waals surface area contributed by atoms with Gasteiger partial charge in [-0.3, -0.25) is 4.79 Å². The summed E-state index contributed by atoms with van der Waals surface area (Å²) in [7, 11) is 0. The van der Waals surface area contributed by atoms with E-state index in [1.165, 1.54) is 0 Å². The van der Waals surface area contributed by atoms with Crippen molar-refractivity contribution in [1.29, 1.82) is 0 Å². The van der Waals surface area contributed by atoms with E-state index in [-0.39, 0.29) is 5.91 Å². The van der Waals surface area contributed by atoms with Gasteiger partial charge in [-0.1, -0.05) is 52.3 Å². The van der Waals surface area contributed by atoms with E-state index >= 15 is 0 Å². The third kappa shape index (κ3) is 3.93. The van der Waals surface area contributed by atoms with Crippen molar-refractivity contribution in [1.82, 2.24) is 0 Å². The molecule has 0 saturated heterocycles. The highest BCUT2D eigenvalue weighted by Gasteiger charge is 2.06. The summed E-state index contributed by atoms with van der Waals surface area (Å²) in [5.41, 5.74) is 3.12. The number of carbonyl (C=O) groups excluding carboxylic acids is 1. The maximum Gasteiger partial charge on any atom is 0.224 e. The molecule has 0 fully saturated rings. The first-order valence-electron chi connectivity index (χ1n) is 6.25. The molecular weight excluding hydrogens is 302 g/mol. The zero-order chi connectivity index (χ0) is 13.7. The fraction of sp³-hybridized carbons (Fsp3) is 0.188. The molecule has 0 atom stereocenters. The molecule has 0 heterocycles. The number of halogens is 1. The van der Waals surface area contributed by atoms with Crippen LogP contribution in [0.15, 0.2) is 53.0 Å². The topological polar surface area (TPSA) is 29.1 Å². The molecule has 2 aromatic carbocycles. The first-order valence-corrected chi connectivity index (χ1v) is 7.05. The second-order valence-corrected chi connectivity index (χ2v) is 5.31. The number of hydrogen-bond acceptors (Lipinski definition) is 1. The largest absolute Gasteiger partial charge is 0.326 e. The summed E-state index contributed by atoms with van der Waals surface area (Å²) in [6, 6.07) is 15.8. The molecule has 98 valence electrons. The minimum absolute atomic E-state index is 0.0463. The van der Waals surface area contributed by atoms with Crippen LogP contribution in [0.1, 0.15) is 17.5 Å². The Labute approximate surface area is 122 Å². The number of nitrogens with one attached hydrogen (secondary N) is 1. The maximum atomic E-state index is 11.9. The van der Waals surface area contributed by atoms with Gasteiger partial charge in [0.15, 0.2) is 0 Å². The third-order valence-electron chi connectivity index (χ3n) is 3.00. The molecule has 2 aromatic rings. The number of carbonyl (C=O) groups is 1. The van der Waals surface area contributed by atoms with E-state index < -0.39 is 0 Å². The predicted octanol–water partition coefficient (Wildman–Crippen LogP) is 4.33. The van der Waals surface area contributed by atoms with Crippen molar-refractivity contribution in [2.24, 2.45) is 0 Å². The minimum atomic E-state index is 0.0463. The fourth-order valence-electron chi connectivity index (χ4n) is 1.88. The predicted molar refractivity (Wildman–Crippen MR) is 82.3 cm³/mol. The van der Waals surface area contributed by atoms with Crippen LogP contribution < -0.4 is 5.32 Å². The Hall–Kier alpha value is -1.61. The molecule has 0 spiro atoms. The van der Waals surface area contributed by atoms with Crippen molar-refractivity contribution >= 4 is 27.5 Å². The quantitative estimate of drug-likeness (QED) is 0.893. The van der Waals surface area contributed by atoms with E-state index in [2.05, 4.69) is 21.2 Å². The van der Waals surface area contributed by atoms with Crippen molar-refractivity contribution in [2.75, 3.05) is 5.32 Å². The number of anilines is 1. The smallest absolute Gasteiger partial charge is 0.224 e. The van der Waals surface area contributed by atoms with E-state index in [1.54, 1.807) is 0 Å². The van der Waals surface area contributed by atoms with Crippen LogP contribution in [0.2, 0.25) is 0 Å². The first kappa shape index (κ1) is 13.8. The van der Waals surface area contributed by atoms with Crippen LogP contribution in [-0.4, -0.2) is 5.91 Å². The molecule has 3 heteroatoms. The number of rotatable bonds is 4. The Kier molecular flexibility index (Phi) is 4.74. The molecule has 1 amide bonds. The molecule has 0 unspecified atom stereocenters. The van der Waals surface area contributed by atoms with Gasteiger partial charge in [-0.15, -0.1) is 0 Å². The molecule has 0 aromatic heterocycles. The zero-order valence-corrected chi connectivity index (χ0v) is 12.4. The molecule has 0 saturated carbocycles. The number of para-hydroxylation sites is 1. The highest BCUT2D eigenvalue weighted by Crippen LogP contribution is 2.18. The Morgan fingerprint density at radius 1 is 1.11 bits per heavy atom. The molecule has 0 bridgehead atoms. The summed E-state index contributed by atoms with van der Waals surface area (Å²) in [5.74, 6) is 0.0463. The third-order valence-corrected chi connectivity index (χ3v) is 3.77. The molecule has 2 rings (SSSR count). The van der Waals surface area contributed by atoms with Crippen molar-refractivity contribution < 1.29 is 4.79 Å². The van der Waals surface area contributed by atoms with Gasteiger partial charge in [0, 0.05) is 16.6 Å². The summed E-state index contributed by atoms with van der Waals surface area (Å²) in [6.45, 7) is 1.99. The summed E-state index contributed by atoms with van der Waals surface area (Å²) < 4.78 is 1.05. The summed E-state index contributed by atoms with van der Waals surface area (Å²) in [6.07, 6.45) is 1.22. The van der Waals surface area contributed by atoms with Gasteiger partial charge in [0.2, 0.25) is 5.91 Å². The second kappa shape index (κ2) is 6.53. The van der Waals surface area contributed by atoms with Gasteiger partial charge < -0.3 is 5.32 Å². The van der Waals surface area contributed by atoms with Gasteiger partial charge in [0.05, 0.1) is 0 Å². The lowest BCUT2D eigenvalue weighted by Crippen LogP contribution is -2.13. The van der Waals surface area contributed by atoms with Gasteiger partial charge >= 0.3 is 0 Å². The summed E-state index contributed by atoms with van der Waals surface area (Å²) >= 11 is 3.49. The van der Waals surface area contributed by atoms with Crippen molar-refractivity contribution in [2.45, 2.75) is 19.8 Å². The van der Waals surface area contributed by atoms with Crippen LogP contribution in [0.25, 0.3) is 0 Å². The van der Waals surface area contributed by atoms with Gasteiger partial charge in [-0.05, 0) is 36.6 Å². The normalized spacial score (nSPS) is 10.2. The van der Waals surface area contributed by atoms with E-state index in [9.17, 15) is 4.79 Å². The second-order valence-electron chi connectivity index (χ2n) is 4.45. The molecule has 1 N–H and O–H groups in total. The van der Waals surface area contributed by atoms with E-state index in [1.807, 2.05) is 55.5 Å². The Balaban J connectivity index is 1.92. The summed E-state index contributed by atoms with van der Waals surface area (Å²) in [4.78, 5) is 11.9. The number of aryl methyl sites for hydroxylation is 2. The van der Waals surface area contributed by atoms with Crippen LogP contribution in [0.4, 0.5) is 5.69 Å². The van der Waals surface area contributed by atoms with Crippen LogP contribution >= 0.6 is 15.9 Å². The highest BCUT2D eigenvalue weighted by atomic mass is 79.9. The lowest BCUT2D eigenvalue weighted by Gasteiger charge is -2.08. The molecule has 2 nitrogen and oxygen atoms in total. The number of benzene rings is 2. The van der Waals surface area contributed by atoms with Crippen LogP contribution in [0.5, 0.6) is 0 Å². The van der Waals surface area contributed by atoms with Gasteiger partial charge in [-0.25, -0.2) is 0 Å². The Morgan fingerprint density at radius 3 is 2.53 bits per heavy atom. The molecule has 19 heavy (non-hydrogen) atoms. The van der Waals surface area contributed by atoms with Crippen molar-refractivity contribution in [3.63, 3.8) is 0 Å². The zero-order valence-electron chi connectivity index (χ0n) is 10.8. The van der Waals surface area contributed by atoms with Crippen LogP contribution in [-0.2, 0) is 11.2 Å². The highest BCUT2D eigenvalue weighted by molar-refractivity contribution is 9.10. The van der Waals surface area contributed by atoms with E-state index in [4.69, 9.17) is 0 Å². The SMILES string of the molecule is Cc1ccccc1NC(=O)CCc1ccccc1Br. The number of hydrogen-bond donors (Lipinski definition) is 1. The monoisotopic (exact) mass is 317 g/mol. The number of amides is 1. The molecule has 0 aliphatic carbocycles. The molecule has 0 aliphatic heterocycles. The Bertz CT molecular complexity index is 580. The lowest BCUT2D eigenvalue weighted by molar-refractivity contribution is -0.116. The minimum Gasteiger partial charge on any atom is -0.326 e. The average Bonchev–Trinajstić information content (AvgIpc) is 2.40. The molecular formula is C16H16BrNO.